The van der Waals surface area contributed by atoms with Crippen molar-refractivity contribution in [3.8, 4) is 22.6 Å². The van der Waals surface area contributed by atoms with Gasteiger partial charge in [-0.3, -0.25) is 9.59 Å². The number of rotatable bonds is 5. The molecule has 10 heteroatoms. The Morgan fingerprint density at radius 2 is 1.66 bits per heavy atom. The van der Waals surface area contributed by atoms with Gasteiger partial charge in [-0.05, 0) is 87.2 Å². The third kappa shape index (κ3) is 5.15. The Balaban J connectivity index is 1.81. The first kappa shape index (κ1) is 27.3. The Labute approximate surface area is 222 Å². The summed E-state index contributed by atoms with van der Waals surface area (Å²) in [5.74, 6) is 0.249. The lowest BCUT2D eigenvalue weighted by Gasteiger charge is -2.28. The number of H-pyrrole nitrogens is 1. The van der Waals surface area contributed by atoms with Crippen molar-refractivity contribution in [2.24, 2.45) is 7.05 Å². The van der Waals surface area contributed by atoms with E-state index in [1.807, 2.05) is 50.4 Å². The van der Waals surface area contributed by atoms with Crippen molar-refractivity contribution >= 4 is 28.4 Å². The maximum atomic E-state index is 13.3. The maximum Gasteiger partial charge on any atom is 0.410 e. The molecule has 0 spiro atoms. The van der Waals surface area contributed by atoms with Gasteiger partial charge in [0.2, 0.25) is 0 Å². The Hall–Kier alpha value is -3.72. The molecule has 0 radical (unpaired) electrons. The number of carbonyl (C=O) groups excluding carboxylic acids is 1. The van der Waals surface area contributed by atoms with Crippen LogP contribution >= 0.6 is 11.6 Å². The van der Waals surface area contributed by atoms with E-state index < -0.39 is 23.2 Å². The zero-order chi connectivity index (χ0) is 28.2. The van der Waals surface area contributed by atoms with E-state index in [9.17, 15) is 22.8 Å². The first-order valence-electron chi connectivity index (χ1n) is 11.8. The molecule has 200 valence electrons. The minimum absolute atomic E-state index is 0.105. The number of halogens is 4. The van der Waals surface area contributed by atoms with E-state index >= 15 is 0 Å². The zero-order valence-corrected chi connectivity index (χ0v) is 22.5. The van der Waals surface area contributed by atoms with Crippen LogP contribution in [0.25, 0.3) is 22.0 Å². The lowest BCUT2D eigenvalue weighted by atomic mass is 10.0. The largest absolute Gasteiger partial charge is 0.457 e. The maximum absolute atomic E-state index is 13.3. The Kier molecular flexibility index (Phi) is 6.86. The van der Waals surface area contributed by atoms with E-state index in [0.29, 0.717) is 33.0 Å². The summed E-state index contributed by atoms with van der Waals surface area (Å²) in [5, 5.41) is 3.00. The van der Waals surface area contributed by atoms with E-state index in [1.165, 1.54) is 10.6 Å². The highest BCUT2D eigenvalue weighted by atomic mass is 35.5. The first-order chi connectivity index (χ1) is 17.6. The lowest BCUT2D eigenvalue weighted by molar-refractivity contribution is -0.182. The molecule has 2 heterocycles. The van der Waals surface area contributed by atoms with Crippen LogP contribution in [-0.4, -0.2) is 27.2 Å². The number of amides is 1. The standard InChI is InChI=1S/C28H27ClF3N3O3/c1-14-7-17(11-19(8-14)38-24-15(2)9-18(29)10-16(24)3)21-13-35(6)26(37)23-20(21)12-22(33-23)25(36)34-27(4,5)28(30,31)32/h7-13,33H,1-6H3,(H,34,36). The summed E-state index contributed by atoms with van der Waals surface area (Å²) in [5.41, 5.74) is 0.981. The van der Waals surface area contributed by atoms with Crippen molar-refractivity contribution in [1.29, 1.82) is 0 Å². The molecule has 2 aromatic carbocycles. The molecule has 2 N–H and O–H groups in total. The van der Waals surface area contributed by atoms with E-state index in [0.717, 1.165) is 30.5 Å². The monoisotopic (exact) mass is 545 g/mol. The van der Waals surface area contributed by atoms with Crippen LogP contribution in [0, 0.1) is 20.8 Å². The van der Waals surface area contributed by atoms with Crippen molar-refractivity contribution in [2.45, 2.75) is 46.3 Å². The number of benzene rings is 2. The number of aryl methyl sites for hydroxylation is 4. The summed E-state index contributed by atoms with van der Waals surface area (Å²) in [7, 11) is 1.56. The lowest BCUT2D eigenvalue weighted by Crippen LogP contribution is -2.54. The van der Waals surface area contributed by atoms with Gasteiger partial charge in [0, 0.05) is 29.2 Å². The Morgan fingerprint density at radius 3 is 2.26 bits per heavy atom. The van der Waals surface area contributed by atoms with Crippen LogP contribution in [0.2, 0.25) is 5.02 Å². The van der Waals surface area contributed by atoms with E-state index in [1.54, 1.807) is 19.3 Å². The normalized spacial score (nSPS) is 12.2. The SMILES string of the molecule is Cc1cc(Oc2c(C)cc(Cl)cc2C)cc(-c2cn(C)c(=O)c3[nH]c(C(=O)NC(C)(C)C(F)(F)F)cc23)c1. The van der Waals surface area contributed by atoms with Gasteiger partial charge in [-0.2, -0.15) is 13.2 Å². The summed E-state index contributed by atoms with van der Waals surface area (Å²) in [4.78, 5) is 28.3. The minimum Gasteiger partial charge on any atom is -0.457 e. The van der Waals surface area contributed by atoms with Gasteiger partial charge in [-0.15, -0.1) is 0 Å². The molecule has 0 bridgehead atoms. The fraction of sp³-hybridized carbons (Fsp3) is 0.286. The fourth-order valence-corrected chi connectivity index (χ4v) is 4.57. The molecular weight excluding hydrogens is 519 g/mol. The van der Waals surface area contributed by atoms with Gasteiger partial charge < -0.3 is 19.6 Å². The zero-order valence-electron chi connectivity index (χ0n) is 21.7. The molecule has 0 aliphatic heterocycles. The summed E-state index contributed by atoms with van der Waals surface area (Å²) in [6.07, 6.45) is -3.04. The van der Waals surface area contributed by atoms with Crippen LogP contribution in [-0.2, 0) is 7.05 Å². The van der Waals surface area contributed by atoms with Crippen LogP contribution in [0.15, 0.2) is 47.4 Å². The van der Waals surface area contributed by atoms with Crippen molar-refractivity contribution in [3.63, 3.8) is 0 Å². The smallest absolute Gasteiger partial charge is 0.410 e. The molecule has 4 aromatic rings. The highest BCUT2D eigenvalue weighted by Gasteiger charge is 2.48. The second-order valence-corrected chi connectivity index (χ2v) is 10.4. The number of fused-ring (bicyclic) bond motifs is 1. The molecule has 6 nitrogen and oxygen atoms in total. The minimum atomic E-state index is -4.66. The van der Waals surface area contributed by atoms with Gasteiger partial charge in [-0.25, -0.2) is 0 Å². The topological polar surface area (TPSA) is 76.1 Å². The van der Waals surface area contributed by atoms with Gasteiger partial charge in [0.15, 0.2) is 0 Å². The average molecular weight is 546 g/mol. The number of pyridine rings is 1. The molecular formula is C28H27ClF3N3O3. The summed E-state index contributed by atoms with van der Waals surface area (Å²) in [6, 6.07) is 10.6. The van der Waals surface area contributed by atoms with E-state index in [2.05, 4.69) is 4.98 Å². The van der Waals surface area contributed by atoms with Gasteiger partial charge in [0.05, 0.1) is 0 Å². The molecule has 1 amide bonds. The first-order valence-corrected chi connectivity index (χ1v) is 12.1. The number of carbonyl (C=O) groups is 1. The van der Waals surface area contributed by atoms with E-state index in [4.69, 9.17) is 16.3 Å². The highest BCUT2D eigenvalue weighted by molar-refractivity contribution is 6.30. The summed E-state index contributed by atoms with van der Waals surface area (Å²) >= 11 is 6.15. The third-order valence-corrected chi connectivity index (χ3v) is 6.57. The summed E-state index contributed by atoms with van der Waals surface area (Å²) < 4.78 is 47.5. The number of nitrogens with zero attached hydrogens (tertiary/aromatic N) is 1. The predicted molar refractivity (Wildman–Crippen MR) is 142 cm³/mol. The molecule has 0 fully saturated rings. The molecule has 0 saturated heterocycles. The highest BCUT2D eigenvalue weighted by Crippen LogP contribution is 2.36. The number of hydrogen-bond acceptors (Lipinski definition) is 3. The molecule has 0 unspecified atom stereocenters. The number of nitrogens with one attached hydrogen (secondary N) is 2. The second kappa shape index (κ2) is 9.54. The van der Waals surface area contributed by atoms with Gasteiger partial charge in [-0.1, -0.05) is 17.7 Å². The molecule has 0 aliphatic rings. The number of aromatic amines is 1. The molecule has 2 aromatic heterocycles. The van der Waals surface area contributed by atoms with Crippen molar-refractivity contribution in [1.82, 2.24) is 14.9 Å². The number of ether oxygens (including phenoxy) is 1. The number of aromatic nitrogens is 2. The van der Waals surface area contributed by atoms with Gasteiger partial charge in [0.25, 0.3) is 11.5 Å². The van der Waals surface area contributed by atoms with Gasteiger partial charge in [0.1, 0.15) is 28.2 Å². The number of hydrogen-bond donors (Lipinski definition) is 2. The van der Waals surface area contributed by atoms with E-state index in [-0.39, 0.29) is 11.2 Å². The van der Waals surface area contributed by atoms with Crippen molar-refractivity contribution in [2.75, 3.05) is 0 Å². The Morgan fingerprint density at radius 1 is 1.03 bits per heavy atom. The van der Waals surface area contributed by atoms with Crippen molar-refractivity contribution in [3.05, 3.63) is 80.4 Å². The average Bonchev–Trinajstić information content (AvgIpc) is 3.23. The molecule has 0 aliphatic carbocycles. The summed E-state index contributed by atoms with van der Waals surface area (Å²) in [6.45, 7) is 7.43. The third-order valence-electron chi connectivity index (χ3n) is 6.35. The number of alkyl halides is 3. The van der Waals surface area contributed by atoms with Crippen LogP contribution in [0.1, 0.15) is 41.0 Å². The van der Waals surface area contributed by atoms with Crippen LogP contribution < -0.4 is 15.6 Å². The van der Waals surface area contributed by atoms with Crippen LogP contribution in [0.4, 0.5) is 13.2 Å². The Bertz CT molecular complexity index is 1610. The van der Waals surface area contributed by atoms with Crippen molar-refractivity contribution < 1.29 is 22.7 Å². The molecule has 38 heavy (non-hydrogen) atoms. The molecule has 0 saturated carbocycles. The molecule has 0 atom stereocenters. The predicted octanol–water partition coefficient (Wildman–Crippen LogP) is 6.98. The van der Waals surface area contributed by atoms with Crippen LogP contribution in [0.3, 0.4) is 0 Å². The molecule has 4 rings (SSSR count). The fourth-order valence-electron chi connectivity index (χ4n) is 4.25. The second-order valence-electron chi connectivity index (χ2n) is 10.0. The quantitative estimate of drug-likeness (QED) is 0.284. The van der Waals surface area contributed by atoms with Crippen LogP contribution in [0.5, 0.6) is 11.5 Å². The van der Waals surface area contributed by atoms with Gasteiger partial charge >= 0.3 is 6.18 Å².